The molecule has 0 radical (unpaired) electrons. The maximum Gasteiger partial charge on any atom is 0.173 e. The van der Waals surface area contributed by atoms with Gasteiger partial charge in [0.25, 0.3) is 0 Å². The summed E-state index contributed by atoms with van der Waals surface area (Å²) in [6.07, 6.45) is 8.18. The summed E-state index contributed by atoms with van der Waals surface area (Å²) in [4.78, 5) is 16.0. The van der Waals surface area contributed by atoms with Crippen molar-refractivity contribution >= 4 is 27.2 Å². The van der Waals surface area contributed by atoms with Gasteiger partial charge in [-0.25, -0.2) is 4.39 Å². The third-order valence-corrected chi connectivity index (χ3v) is 7.02. The molecule has 26 heavy (non-hydrogen) atoms. The minimum absolute atomic E-state index is 0.210. The number of piperidine rings is 1. The molecule has 1 fully saturated rings. The molecule has 1 aromatic heterocycles. The maximum absolute atomic E-state index is 13.4. The predicted octanol–water partition coefficient (Wildman–Crippen LogP) is 6.21. The first-order valence-corrected chi connectivity index (χ1v) is 10.8. The largest absolute Gasteiger partial charge is 0.303 e. The zero-order chi connectivity index (χ0) is 18.5. The fraction of sp³-hybridized carbons (Fsp3) is 0.591. The number of likely N-dealkylation sites (tertiary alicyclic amines) is 1. The standard InChI is InChI=1S/C22H30FNOS/c1-3-4-6-17-10-13-24(14-11-17)12-5-7-20(25)22-16(2)19-15-18(23)8-9-21(19)26-22/h8-9,15,17H,3-7,10-14H2,1-2H3. The zero-order valence-electron chi connectivity index (χ0n) is 16.0. The second kappa shape index (κ2) is 9.09. The monoisotopic (exact) mass is 375 g/mol. The van der Waals surface area contributed by atoms with E-state index in [1.54, 1.807) is 12.1 Å². The molecule has 0 unspecified atom stereocenters. The van der Waals surface area contributed by atoms with E-state index in [1.807, 2.05) is 6.92 Å². The summed E-state index contributed by atoms with van der Waals surface area (Å²) in [5.74, 6) is 0.885. The molecular weight excluding hydrogens is 345 g/mol. The third-order valence-electron chi connectivity index (χ3n) is 5.70. The minimum Gasteiger partial charge on any atom is -0.303 e. The van der Waals surface area contributed by atoms with Crippen molar-refractivity contribution in [3.05, 3.63) is 34.5 Å². The lowest BCUT2D eigenvalue weighted by Gasteiger charge is -2.31. The van der Waals surface area contributed by atoms with E-state index in [9.17, 15) is 9.18 Å². The van der Waals surface area contributed by atoms with Crippen molar-refractivity contribution in [2.75, 3.05) is 19.6 Å². The lowest BCUT2D eigenvalue weighted by molar-refractivity contribution is 0.0973. The predicted molar refractivity (Wildman–Crippen MR) is 109 cm³/mol. The van der Waals surface area contributed by atoms with E-state index in [0.29, 0.717) is 6.42 Å². The number of benzene rings is 1. The number of halogens is 1. The summed E-state index contributed by atoms with van der Waals surface area (Å²) < 4.78 is 14.4. The summed E-state index contributed by atoms with van der Waals surface area (Å²) in [6.45, 7) is 7.59. The molecule has 0 atom stereocenters. The highest BCUT2D eigenvalue weighted by Gasteiger charge is 2.20. The molecule has 1 aliphatic rings. The molecule has 0 N–H and O–H groups in total. The lowest BCUT2D eigenvalue weighted by atomic mass is 9.91. The van der Waals surface area contributed by atoms with Crippen LogP contribution in [0.1, 0.15) is 67.1 Å². The molecule has 142 valence electrons. The van der Waals surface area contributed by atoms with E-state index in [0.717, 1.165) is 39.4 Å². The molecule has 2 nitrogen and oxygen atoms in total. The number of hydrogen-bond donors (Lipinski definition) is 0. The smallest absolute Gasteiger partial charge is 0.173 e. The van der Waals surface area contributed by atoms with Gasteiger partial charge in [0.2, 0.25) is 0 Å². The van der Waals surface area contributed by atoms with Gasteiger partial charge in [-0.15, -0.1) is 11.3 Å². The number of unbranched alkanes of at least 4 members (excludes halogenated alkanes) is 1. The Morgan fingerprint density at radius 1 is 1.27 bits per heavy atom. The van der Waals surface area contributed by atoms with Crippen molar-refractivity contribution in [1.29, 1.82) is 0 Å². The molecule has 1 saturated heterocycles. The average Bonchev–Trinajstić information content (AvgIpc) is 2.97. The number of thiophene rings is 1. The van der Waals surface area contributed by atoms with Gasteiger partial charge in [0, 0.05) is 11.1 Å². The summed E-state index contributed by atoms with van der Waals surface area (Å²) in [6, 6.07) is 4.79. The Balaban J connectivity index is 1.47. The van der Waals surface area contributed by atoms with Gasteiger partial charge in [-0.05, 0) is 80.9 Å². The number of carbonyl (C=O) groups is 1. The number of rotatable bonds is 8. The fourth-order valence-corrected chi connectivity index (χ4v) is 5.18. The van der Waals surface area contributed by atoms with Crippen molar-refractivity contribution < 1.29 is 9.18 Å². The van der Waals surface area contributed by atoms with Crippen molar-refractivity contribution in [3.8, 4) is 0 Å². The van der Waals surface area contributed by atoms with Crippen LogP contribution in [0.25, 0.3) is 10.1 Å². The normalized spacial score (nSPS) is 16.4. The Kier molecular flexibility index (Phi) is 6.82. The number of Topliss-reactive ketones (excluding diaryl/α,β-unsaturated/α-hetero) is 1. The summed E-state index contributed by atoms with van der Waals surface area (Å²) >= 11 is 1.50. The highest BCUT2D eigenvalue weighted by molar-refractivity contribution is 7.21. The van der Waals surface area contributed by atoms with E-state index in [1.165, 1.54) is 62.6 Å². The van der Waals surface area contributed by atoms with Crippen LogP contribution in [0.3, 0.4) is 0 Å². The van der Waals surface area contributed by atoms with Gasteiger partial charge >= 0.3 is 0 Å². The molecule has 0 amide bonds. The van der Waals surface area contributed by atoms with Crippen LogP contribution in [0.2, 0.25) is 0 Å². The minimum atomic E-state index is -0.236. The second-order valence-electron chi connectivity index (χ2n) is 7.65. The van der Waals surface area contributed by atoms with Crippen molar-refractivity contribution in [1.82, 2.24) is 4.90 Å². The van der Waals surface area contributed by atoms with Crippen LogP contribution in [0.4, 0.5) is 4.39 Å². The van der Waals surface area contributed by atoms with E-state index < -0.39 is 0 Å². The number of fused-ring (bicyclic) bond motifs is 1. The number of nitrogens with zero attached hydrogens (tertiary/aromatic N) is 1. The van der Waals surface area contributed by atoms with Gasteiger partial charge in [-0.3, -0.25) is 4.79 Å². The molecule has 2 heterocycles. The molecule has 3 rings (SSSR count). The second-order valence-corrected chi connectivity index (χ2v) is 8.70. The summed E-state index contributed by atoms with van der Waals surface area (Å²) in [7, 11) is 0. The first kappa shape index (κ1) is 19.5. The van der Waals surface area contributed by atoms with Crippen LogP contribution in [0.5, 0.6) is 0 Å². The van der Waals surface area contributed by atoms with Gasteiger partial charge in [-0.2, -0.15) is 0 Å². The Hall–Kier alpha value is -1.26. The number of aryl methyl sites for hydroxylation is 1. The van der Waals surface area contributed by atoms with E-state index in [4.69, 9.17) is 0 Å². The number of hydrogen-bond acceptors (Lipinski definition) is 3. The van der Waals surface area contributed by atoms with Crippen LogP contribution >= 0.6 is 11.3 Å². The lowest BCUT2D eigenvalue weighted by Crippen LogP contribution is -2.34. The Morgan fingerprint density at radius 2 is 2.04 bits per heavy atom. The molecule has 2 aromatic rings. The highest BCUT2D eigenvalue weighted by atomic mass is 32.1. The molecular formula is C22H30FNOS. The van der Waals surface area contributed by atoms with E-state index in [2.05, 4.69) is 11.8 Å². The van der Waals surface area contributed by atoms with Gasteiger partial charge in [0.1, 0.15) is 5.82 Å². The van der Waals surface area contributed by atoms with Crippen LogP contribution in [0, 0.1) is 18.7 Å². The van der Waals surface area contributed by atoms with Gasteiger partial charge in [-0.1, -0.05) is 26.2 Å². The SMILES string of the molecule is CCCCC1CCN(CCCC(=O)c2sc3ccc(F)cc3c2C)CC1. The number of ketones is 1. The molecule has 1 aromatic carbocycles. The molecule has 0 bridgehead atoms. The van der Waals surface area contributed by atoms with Crippen molar-refractivity contribution in [3.63, 3.8) is 0 Å². The van der Waals surface area contributed by atoms with Gasteiger partial charge < -0.3 is 4.90 Å². The molecule has 1 aliphatic heterocycles. The Labute approximate surface area is 160 Å². The van der Waals surface area contributed by atoms with Crippen molar-refractivity contribution in [2.45, 2.75) is 58.8 Å². The quantitative estimate of drug-likeness (QED) is 0.511. The molecule has 0 spiro atoms. The molecule has 0 saturated carbocycles. The summed E-state index contributed by atoms with van der Waals surface area (Å²) in [5.41, 5.74) is 0.936. The van der Waals surface area contributed by atoms with E-state index >= 15 is 0 Å². The van der Waals surface area contributed by atoms with Gasteiger partial charge in [0.15, 0.2) is 5.78 Å². The van der Waals surface area contributed by atoms with Gasteiger partial charge in [0.05, 0.1) is 4.88 Å². The molecule has 0 aliphatic carbocycles. The fourth-order valence-electron chi connectivity index (χ4n) is 4.03. The Bertz CT molecular complexity index is 746. The number of carbonyl (C=O) groups excluding carboxylic acids is 1. The van der Waals surface area contributed by atoms with Crippen LogP contribution in [0.15, 0.2) is 18.2 Å². The third kappa shape index (κ3) is 4.72. The topological polar surface area (TPSA) is 20.3 Å². The highest BCUT2D eigenvalue weighted by Crippen LogP contribution is 2.32. The summed E-state index contributed by atoms with van der Waals surface area (Å²) in [5, 5.41) is 0.882. The zero-order valence-corrected chi connectivity index (χ0v) is 16.8. The van der Waals surface area contributed by atoms with Crippen molar-refractivity contribution in [2.24, 2.45) is 5.92 Å². The van der Waals surface area contributed by atoms with E-state index in [-0.39, 0.29) is 11.6 Å². The average molecular weight is 376 g/mol. The maximum atomic E-state index is 13.4. The first-order valence-electron chi connectivity index (χ1n) is 10.0. The molecule has 4 heteroatoms. The Morgan fingerprint density at radius 3 is 2.77 bits per heavy atom. The van der Waals surface area contributed by atoms with Crippen LogP contribution in [-0.2, 0) is 0 Å². The van der Waals surface area contributed by atoms with Crippen LogP contribution in [-0.4, -0.2) is 30.3 Å². The van der Waals surface area contributed by atoms with Crippen LogP contribution < -0.4 is 0 Å². The first-order chi connectivity index (χ1) is 12.6.